The summed E-state index contributed by atoms with van der Waals surface area (Å²) in [6.45, 7) is 17.0. The van der Waals surface area contributed by atoms with Crippen LogP contribution in [0.15, 0.2) is 56.5 Å². The summed E-state index contributed by atoms with van der Waals surface area (Å²) in [5, 5.41) is 17.7. The number of fused-ring (bicyclic) bond motifs is 7. The van der Waals surface area contributed by atoms with Crippen molar-refractivity contribution in [2.24, 2.45) is 50.2 Å². The molecule has 0 aliphatic heterocycles. The Morgan fingerprint density at radius 1 is 0.934 bits per heavy atom. The highest BCUT2D eigenvalue weighted by molar-refractivity contribution is 7.91. The summed E-state index contributed by atoms with van der Waals surface area (Å²) in [6.07, 6.45) is 9.48. The third-order valence-electron chi connectivity index (χ3n) is 16.7. The van der Waals surface area contributed by atoms with Crippen LogP contribution in [0.1, 0.15) is 120 Å². The molecule has 5 aliphatic carbocycles. The summed E-state index contributed by atoms with van der Waals surface area (Å²) in [7, 11) is -4.26. The molecule has 0 saturated heterocycles. The highest BCUT2D eigenvalue weighted by atomic mass is 32.2. The lowest BCUT2D eigenvalue weighted by Gasteiger charge is -2.70. The first-order valence-electron chi connectivity index (χ1n) is 21.9. The zero-order chi connectivity index (χ0) is 44.4. The van der Waals surface area contributed by atoms with E-state index in [0.717, 1.165) is 44.9 Å². The second kappa shape index (κ2) is 15.9. The van der Waals surface area contributed by atoms with Gasteiger partial charge in [-0.2, -0.15) is 0 Å². The molecule has 5 aliphatic rings. The average Bonchev–Trinajstić information content (AvgIpc) is 3.58. The fourth-order valence-corrected chi connectivity index (χ4v) is 14.3. The number of ether oxygens (including phenoxy) is 3. The Morgan fingerprint density at radius 2 is 1.64 bits per heavy atom. The number of nitrogens with one attached hydrogen (secondary N) is 1. The van der Waals surface area contributed by atoms with Gasteiger partial charge in [-0.05, 0) is 114 Å². The molecule has 334 valence electrons. The van der Waals surface area contributed by atoms with Gasteiger partial charge in [0.1, 0.15) is 12.7 Å². The van der Waals surface area contributed by atoms with Crippen molar-refractivity contribution in [2.75, 3.05) is 26.4 Å². The Hall–Kier alpha value is -4.11. The van der Waals surface area contributed by atoms with E-state index >= 15 is 0 Å². The SMILES string of the molecule is CC(=O)O[C@H]1CC[C@]2(C)[C@H]3C(=O)C=C4[C@@H]5C[C@@](C)(C(=O)NCC(=O)CCOCCOc6no[n+]([O-])c6S(=O)(=O)c6ccccc6)CC[C@]5(C)CC[C@@]4(C)[C@]3(C)CC[C@H]2C1(C)C. The zero-order valence-electron chi connectivity index (χ0n) is 37.0. The summed E-state index contributed by atoms with van der Waals surface area (Å²) >= 11 is 0. The number of aromatic nitrogens is 2. The minimum absolute atomic E-state index is 0.0279. The van der Waals surface area contributed by atoms with Crippen molar-refractivity contribution in [3.05, 3.63) is 47.2 Å². The van der Waals surface area contributed by atoms with Gasteiger partial charge in [-0.1, -0.05) is 72.2 Å². The first-order chi connectivity index (χ1) is 28.5. The number of carbonyl (C=O) groups is 4. The van der Waals surface area contributed by atoms with Crippen molar-refractivity contribution in [1.82, 2.24) is 10.5 Å². The van der Waals surface area contributed by atoms with Crippen molar-refractivity contribution in [1.29, 1.82) is 0 Å². The number of sulfone groups is 1. The van der Waals surface area contributed by atoms with Crippen molar-refractivity contribution in [2.45, 2.75) is 136 Å². The van der Waals surface area contributed by atoms with E-state index in [-0.39, 0.29) is 117 Å². The number of Topliss-reactive ketones (excluding diaryl/α,β-unsaturated/α-hetero) is 1. The molecule has 1 N–H and O–H groups in total. The Balaban J connectivity index is 0.950. The van der Waals surface area contributed by atoms with Crippen LogP contribution < -0.4 is 15.0 Å². The van der Waals surface area contributed by atoms with Crippen LogP contribution in [-0.2, 0) is 38.5 Å². The first kappa shape index (κ1) is 44.9. The molecule has 4 saturated carbocycles. The van der Waals surface area contributed by atoms with Gasteiger partial charge in [0.05, 0.1) is 29.8 Å². The molecule has 15 heteroatoms. The van der Waals surface area contributed by atoms with Gasteiger partial charge in [-0.25, -0.2) is 8.42 Å². The van der Waals surface area contributed by atoms with Gasteiger partial charge >= 0.3 is 16.9 Å². The van der Waals surface area contributed by atoms with E-state index in [0.29, 0.717) is 12.8 Å². The number of rotatable bonds is 13. The lowest BCUT2D eigenvalue weighted by Crippen LogP contribution is -2.66. The molecule has 1 amide bonds. The molecule has 0 bridgehead atoms. The van der Waals surface area contributed by atoms with Gasteiger partial charge in [-0.3, -0.25) is 23.8 Å². The molecule has 1 aromatic heterocycles. The summed E-state index contributed by atoms with van der Waals surface area (Å²) in [5.74, 6) is -0.783. The summed E-state index contributed by atoms with van der Waals surface area (Å²) < 4.78 is 47.2. The topological polar surface area (TPSA) is 195 Å². The molecular weight excluding hydrogens is 803 g/mol. The van der Waals surface area contributed by atoms with Crippen molar-refractivity contribution in [3.8, 4) is 5.88 Å². The number of allylic oxidation sites excluding steroid dienone is 2. The van der Waals surface area contributed by atoms with Crippen LogP contribution in [0.2, 0.25) is 0 Å². The van der Waals surface area contributed by atoms with Crippen LogP contribution in [0.3, 0.4) is 0 Å². The molecule has 61 heavy (non-hydrogen) atoms. The fourth-order valence-electron chi connectivity index (χ4n) is 13.0. The highest BCUT2D eigenvalue weighted by Crippen LogP contribution is 2.75. The number of esters is 1. The van der Waals surface area contributed by atoms with E-state index in [1.54, 1.807) is 6.07 Å². The van der Waals surface area contributed by atoms with Gasteiger partial charge in [0, 0.05) is 30.1 Å². The van der Waals surface area contributed by atoms with E-state index in [9.17, 15) is 32.8 Å². The van der Waals surface area contributed by atoms with E-state index in [1.165, 1.54) is 36.8 Å². The second-order valence-electron chi connectivity index (χ2n) is 20.5. The van der Waals surface area contributed by atoms with Gasteiger partial charge in [-0.15, -0.1) is 0 Å². The maximum atomic E-state index is 14.8. The fraction of sp³-hybridized carbons (Fsp3) is 0.696. The Labute approximate surface area is 359 Å². The second-order valence-corrected chi connectivity index (χ2v) is 22.4. The molecule has 9 atom stereocenters. The summed E-state index contributed by atoms with van der Waals surface area (Å²) in [6, 6.07) is 7.36. The van der Waals surface area contributed by atoms with Crippen LogP contribution in [0, 0.1) is 55.5 Å². The van der Waals surface area contributed by atoms with Gasteiger partial charge in [0.25, 0.3) is 9.84 Å². The monoisotopic (exact) mass is 865 g/mol. The Bertz CT molecular complexity index is 2200. The van der Waals surface area contributed by atoms with Crippen molar-refractivity contribution >= 4 is 33.3 Å². The quantitative estimate of drug-likeness (QED) is 0.130. The van der Waals surface area contributed by atoms with E-state index in [2.05, 4.69) is 56.6 Å². The number of carbonyl (C=O) groups excluding carboxylic acids is 4. The Kier molecular flexibility index (Phi) is 11.7. The largest absolute Gasteiger partial charge is 0.462 e. The smallest absolute Gasteiger partial charge is 0.415 e. The minimum atomic E-state index is -4.26. The normalized spacial score (nSPS) is 35.3. The maximum absolute atomic E-state index is 14.8. The molecule has 1 aromatic carbocycles. The standard InChI is InChI=1S/C46H63N3O11S/c1-29(50)59-36-15-17-44(6)35(41(36,2)3)14-18-46(8)37(44)34(52)26-32-33-27-43(5,20-19-42(33,4)21-22-45(32,46)7)40(53)47-28-30(51)16-23-57-24-25-58-38-39(49(54)60-48-38)61(55,56)31-12-10-9-11-13-31/h9-13,26,33,35-37H,14-25,27-28H2,1-8H3,(H,47,53)/t33-,35-,36-,37+,42+,43-,44-,45+,46+/m0/s1. The molecule has 1 heterocycles. The summed E-state index contributed by atoms with van der Waals surface area (Å²) in [5.41, 5.74) is -0.533. The lowest BCUT2D eigenvalue weighted by atomic mass is 9.33. The number of nitrogens with zero attached hydrogens (tertiary/aromatic N) is 2. The van der Waals surface area contributed by atoms with E-state index < -0.39 is 26.2 Å². The molecular formula is C46H63N3O11S. The number of ketones is 2. The predicted octanol–water partition coefficient (Wildman–Crippen LogP) is 6.52. The Morgan fingerprint density at radius 3 is 2.34 bits per heavy atom. The lowest BCUT2D eigenvalue weighted by molar-refractivity contribution is -0.832. The summed E-state index contributed by atoms with van der Waals surface area (Å²) in [4.78, 5) is 53.4. The van der Waals surface area contributed by atoms with Crippen LogP contribution >= 0.6 is 0 Å². The van der Waals surface area contributed by atoms with Gasteiger partial charge in [0.2, 0.25) is 5.91 Å². The number of benzene rings is 1. The van der Waals surface area contributed by atoms with Gasteiger partial charge in [0.15, 0.2) is 11.6 Å². The number of hydrogen-bond donors (Lipinski definition) is 1. The van der Waals surface area contributed by atoms with Crippen LogP contribution in [0.4, 0.5) is 0 Å². The molecule has 0 radical (unpaired) electrons. The minimum Gasteiger partial charge on any atom is -0.462 e. The third kappa shape index (κ3) is 7.52. The molecule has 4 fully saturated rings. The first-order valence-corrected chi connectivity index (χ1v) is 23.4. The van der Waals surface area contributed by atoms with Crippen molar-refractivity contribution < 1.29 is 51.3 Å². The molecule has 14 nitrogen and oxygen atoms in total. The zero-order valence-corrected chi connectivity index (χ0v) is 37.8. The van der Waals surface area contributed by atoms with Crippen molar-refractivity contribution in [3.63, 3.8) is 0 Å². The molecule has 0 spiro atoms. The van der Waals surface area contributed by atoms with E-state index in [1.807, 2.05) is 13.0 Å². The van der Waals surface area contributed by atoms with Crippen LogP contribution in [0.5, 0.6) is 5.88 Å². The predicted molar refractivity (Wildman–Crippen MR) is 221 cm³/mol. The molecule has 2 aromatic rings. The van der Waals surface area contributed by atoms with Crippen LogP contribution in [0.25, 0.3) is 0 Å². The molecule has 7 rings (SSSR count). The van der Waals surface area contributed by atoms with E-state index in [4.69, 9.17) is 14.2 Å². The highest BCUT2D eigenvalue weighted by Gasteiger charge is 2.70. The molecule has 0 unspecified atom stereocenters. The number of hydrogen-bond acceptors (Lipinski definition) is 12. The maximum Gasteiger partial charge on any atom is 0.415 e. The van der Waals surface area contributed by atoms with Crippen LogP contribution in [-0.4, -0.2) is 69.5 Å². The average molecular weight is 866 g/mol. The number of amides is 1. The van der Waals surface area contributed by atoms with Gasteiger partial charge < -0.3 is 24.7 Å². The third-order valence-corrected chi connectivity index (χ3v) is 18.4.